The lowest BCUT2D eigenvalue weighted by molar-refractivity contribution is -0.111. The second kappa shape index (κ2) is 9.13. The SMILES string of the molecule is CCOC(=O)c1sc(NC(=O)/C=C/c2cnn(C)c2)c(C(=O)OCC)c1C. The molecule has 2 aromatic heterocycles. The minimum absolute atomic E-state index is 0.160. The van der Waals surface area contributed by atoms with Crippen LogP contribution < -0.4 is 5.32 Å². The van der Waals surface area contributed by atoms with Crippen LogP contribution >= 0.6 is 11.3 Å². The summed E-state index contributed by atoms with van der Waals surface area (Å²) in [6.07, 6.45) is 6.29. The van der Waals surface area contributed by atoms with Crippen LogP contribution in [0.2, 0.25) is 0 Å². The molecule has 27 heavy (non-hydrogen) atoms. The Morgan fingerprint density at radius 1 is 1.22 bits per heavy atom. The standard InChI is InChI=1S/C18H21N3O5S/c1-5-25-17(23)14-11(3)15(18(24)26-6-2)27-16(14)20-13(22)8-7-12-9-19-21(4)10-12/h7-10H,5-6H2,1-4H3,(H,20,22)/b8-7+. The maximum Gasteiger partial charge on any atom is 0.348 e. The first-order valence-electron chi connectivity index (χ1n) is 8.32. The Labute approximate surface area is 160 Å². The van der Waals surface area contributed by atoms with E-state index in [1.54, 1.807) is 51.0 Å². The van der Waals surface area contributed by atoms with Crippen molar-refractivity contribution < 1.29 is 23.9 Å². The van der Waals surface area contributed by atoms with Gasteiger partial charge in [0.1, 0.15) is 9.88 Å². The van der Waals surface area contributed by atoms with Gasteiger partial charge in [0.15, 0.2) is 0 Å². The van der Waals surface area contributed by atoms with Gasteiger partial charge in [0.2, 0.25) is 5.91 Å². The third-order valence-corrected chi connectivity index (χ3v) is 4.66. The van der Waals surface area contributed by atoms with E-state index in [0.29, 0.717) is 5.56 Å². The number of carbonyl (C=O) groups is 3. The Morgan fingerprint density at radius 3 is 2.48 bits per heavy atom. The predicted molar refractivity (Wildman–Crippen MR) is 102 cm³/mol. The van der Waals surface area contributed by atoms with Crippen LogP contribution in [0.15, 0.2) is 18.5 Å². The van der Waals surface area contributed by atoms with Gasteiger partial charge >= 0.3 is 11.9 Å². The van der Waals surface area contributed by atoms with Gasteiger partial charge in [-0.15, -0.1) is 11.3 Å². The number of hydrogen-bond acceptors (Lipinski definition) is 7. The summed E-state index contributed by atoms with van der Waals surface area (Å²) in [5, 5.41) is 6.90. The van der Waals surface area contributed by atoms with E-state index in [1.165, 1.54) is 6.08 Å². The van der Waals surface area contributed by atoms with Crippen molar-refractivity contribution in [2.75, 3.05) is 18.5 Å². The lowest BCUT2D eigenvalue weighted by atomic mass is 10.1. The van der Waals surface area contributed by atoms with Crippen molar-refractivity contribution in [3.8, 4) is 0 Å². The monoisotopic (exact) mass is 391 g/mol. The van der Waals surface area contributed by atoms with E-state index in [0.717, 1.165) is 16.9 Å². The van der Waals surface area contributed by atoms with E-state index in [-0.39, 0.29) is 28.7 Å². The number of aryl methyl sites for hydroxylation is 1. The van der Waals surface area contributed by atoms with E-state index < -0.39 is 17.8 Å². The predicted octanol–water partition coefficient (Wildman–Crippen LogP) is 2.80. The third kappa shape index (κ3) is 5.04. The maximum atomic E-state index is 12.3. The molecule has 0 saturated carbocycles. The zero-order chi connectivity index (χ0) is 20.0. The Balaban J connectivity index is 2.28. The summed E-state index contributed by atoms with van der Waals surface area (Å²) in [4.78, 5) is 36.9. The number of nitrogens with one attached hydrogen (secondary N) is 1. The Morgan fingerprint density at radius 2 is 1.89 bits per heavy atom. The van der Waals surface area contributed by atoms with Crippen molar-refractivity contribution in [2.24, 2.45) is 7.05 Å². The molecule has 1 N–H and O–H groups in total. The van der Waals surface area contributed by atoms with Crippen LogP contribution in [0, 0.1) is 6.92 Å². The minimum atomic E-state index is -0.603. The highest BCUT2D eigenvalue weighted by atomic mass is 32.1. The first-order chi connectivity index (χ1) is 12.9. The number of aromatic nitrogens is 2. The van der Waals surface area contributed by atoms with Gasteiger partial charge in [0.25, 0.3) is 0 Å². The van der Waals surface area contributed by atoms with Crippen LogP contribution in [0.3, 0.4) is 0 Å². The molecule has 1 amide bonds. The molecule has 2 aromatic rings. The number of hydrogen-bond donors (Lipinski definition) is 1. The first-order valence-corrected chi connectivity index (χ1v) is 9.14. The number of thiophene rings is 1. The first kappa shape index (κ1) is 20.4. The highest BCUT2D eigenvalue weighted by Crippen LogP contribution is 2.34. The van der Waals surface area contributed by atoms with Crippen LogP contribution in [0.5, 0.6) is 0 Å². The van der Waals surface area contributed by atoms with E-state index in [2.05, 4.69) is 10.4 Å². The fourth-order valence-corrected chi connectivity index (χ4v) is 3.39. The number of amides is 1. The van der Waals surface area contributed by atoms with Gasteiger partial charge in [-0.3, -0.25) is 9.48 Å². The Bertz CT molecular complexity index is 882. The summed E-state index contributed by atoms with van der Waals surface area (Å²) in [5.41, 5.74) is 1.34. The zero-order valence-corrected chi connectivity index (χ0v) is 16.4. The van der Waals surface area contributed by atoms with Gasteiger partial charge in [0, 0.05) is 24.9 Å². The molecular weight excluding hydrogens is 370 g/mol. The van der Waals surface area contributed by atoms with Crippen LogP contribution in [0.1, 0.15) is 45.0 Å². The summed E-state index contributed by atoms with van der Waals surface area (Å²) in [6.45, 7) is 5.38. The average molecular weight is 391 g/mol. The van der Waals surface area contributed by atoms with Gasteiger partial charge in [-0.25, -0.2) is 9.59 Å². The number of anilines is 1. The van der Waals surface area contributed by atoms with Crippen molar-refractivity contribution in [2.45, 2.75) is 20.8 Å². The van der Waals surface area contributed by atoms with Crippen molar-refractivity contribution >= 4 is 40.3 Å². The highest BCUT2D eigenvalue weighted by Gasteiger charge is 2.26. The Kier molecular flexibility index (Phi) is 6.89. The molecule has 0 saturated heterocycles. The molecule has 0 fully saturated rings. The van der Waals surface area contributed by atoms with Gasteiger partial charge in [-0.05, 0) is 32.4 Å². The minimum Gasteiger partial charge on any atom is -0.462 e. The summed E-state index contributed by atoms with van der Waals surface area (Å²) >= 11 is 0.985. The molecule has 2 rings (SSSR count). The molecule has 0 aliphatic rings. The molecule has 0 spiro atoms. The third-order valence-electron chi connectivity index (χ3n) is 3.48. The van der Waals surface area contributed by atoms with Crippen molar-refractivity contribution in [3.63, 3.8) is 0 Å². The van der Waals surface area contributed by atoms with Crippen LogP contribution in [-0.4, -0.2) is 40.8 Å². The lowest BCUT2D eigenvalue weighted by Gasteiger charge is -2.05. The van der Waals surface area contributed by atoms with E-state index >= 15 is 0 Å². The second-order valence-electron chi connectivity index (χ2n) is 5.47. The van der Waals surface area contributed by atoms with E-state index in [1.807, 2.05) is 0 Å². The molecular formula is C18H21N3O5S. The fraction of sp³-hybridized carbons (Fsp3) is 0.333. The van der Waals surface area contributed by atoms with Crippen LogP contribution in [0.25, 0.3) is 6.08 Å². The quantitative estimate of drug-likeness (QED) is 0.575. The smallest absolute Gasteiger partial charge is 0.348 e. The molecule has 0 bridgehead atoms. The van der Waals surface area contributed by atoms with E-state index in [4.69, 9.17) is 9.47 Å². The number of ether oxygens (including phenoxy) is 2. The number of carbonyl (C=O) groups excluding carboxylic acids is 3. The molecule has 0 aromatic carbocycles. The van der Waals surface area contributed by atoms with E-state index in [9.17, 15) is 14.4 Å². The highest BCUT2D eigenvalue weighted by molar-refractivity contribution is 7.18. The topological polar surface area (TPSA) is 99.5 Å². The molecule has 0 radical (unpaired) electrons. The van der Waals surface area contributed by atoms with Crippen LogP contribution in [0.4, 0.5) is 5.00 Å². The molecule has 144 valence electrons. The molecule has 0 unspecified atom stereocenters. The largest absolute Gasteiger partial charge is 0.462 e. The summed E-state index contributed by atoms with van der Waals surface area (Å²) < 4.78 is 11.7. The van der Waals surface area contributed by atoms with Gasteiger partial charge in [0.05, 0.1) is 25.0 Å². The van der Waals surface area contributed by atoms with Crippen molar-refractivity contribution in [1.82, 2.24) is 9.78 Å². The zero-order valence-electron chi connectivity index (χ0n) is 15.6. The summed E-state index contributed by atoms with van der Waals surface area (Å²) in [7, 11) is 1.77. The molecule has 0 aliphatic heterocycles. The molecule has 2 heterocycles. The number of esters is 2. The average Bonchev–Trinajstić information content (AvgIpc) is 3.16. The molecule has 0 aliphatic carbocycles. The van der Waals surface area contributed by atoms with Gasteiger partial charge in [-0.2, -0.15) is 5.10 Å². The normalized spacial score (nSPS) is 10.8. The van der Waals surface area contributed by atoms with Gasteiger partial charge in [-0.1, -0.05) is 0 Å². The van der Waals surface area contributed by atoms with Crippen molar-refractivity contribution in [3.05, 3.63) is 40.0 Å². The molecule has 9 heteroatoms. The van der Waals surface area contributed by atoms with Gasteiger partial charge < -0.3 is 14.8 Å². The lowest BCUT2D eigenvalue weighted by Crippen LogP contribution is -2.12. The number of nitrogens with zero attached hydrogens (tertiary/aromatic N) is 2. The summed E-state index contributed by atoms with van der Waals surface area (Å²) in [5.74, 6) is -1.59. The van der Waals surface area contributed by atoms with Crippen molar-refractivity contribution in [1.29, 1.82) is 0 Å². The fourth-order valence-electron chi connectivity index (χ4n) is 2.29. The number of rotatable bonds is 7. The summed E-state index contributed by atoms with van der Waals surface area (Å²) in [6, 6.07) is 0. The maximum absolute atomic E-state index is 12.3. The molecule has 8 nitrogen and oxygen atoms in total. The van der Waals surface area contributed by atoms with Crippen LogP contribution in [-0.2, 0) is 21.3 Å². The molecule has 0 atom stereocenters. The second-order valence-corrected chi connectivity index (χ2v) is 6.49. The Hall–Kier alpha value is -2.94.